The predicted octanol–water partition coefficient (Wildman–Crippen LogP) is 16.4. The zero-order chi connectivity index (χ0) is 47.1. The molecule has 71 heavy (non-hydrogen) atoms. The molecule has 0 radical (unpaired) electrons. The summed E-state index contributed by atoms with van der Waals surface area (Å²) in [4.78, 5) is 4.88. The molecule has 336 valence electrons. The van der Waals surface area contributed by atoms with Crippen LogP contribution in [0.25, 0.3) is 66.0 Å². The van der Waals surface area contributed by atoms with Gasteiger partial charge in [0, 0.05) is 61.9 Å². The van der Waals surface area contributed by atoms with E-state index in [1.54, 1.807) is 0 Å². The molecule has 3 aliphatic rings. The predicted molar refractivity (Wildman–Crippen MR) is 293 cm³/mol. The summed E-state index contributed by atoms with van der Waals surface area (Å²) in [6.07, 6.45) is 0. The molecule has 0 aliphatic carbocycles. The summed E-state index contributed by atoms with van der Waals surface area (Å²) >= 11 is 0. The first kappa shape index (κ1) is 40.0. The maximum atomic E-state index is 7.12. The van der Waals surface area contributed by atoms with E-state index in [1.807, 2.05) is 24.3 Å². The van der Waals surface area contributed by atoms with Crippen molar-refractivity contribution >= 4 is 95.6 Å². The Kier molecular flexibility index (Phi) is 8.33. The van der Waals surface area contributed by atoms with E-state index >= 15 is 0 Å². The van der Waals surface area contributed by atoms with Gasteiger partial charge in [0.15, 0.2) is 28.6 Å². The summed E-state index contributed by atoms with van der Waals surface area (Å²) < 4.78 is 23.4. The Labute approximate surface area is 411 Å². The van der Waals surface area contributed by atoms with Crippen LogP contribution in [0.15, 0.2) is 217 Å². The molecule has 0 fully saturated rings. The van der Waals surface area contributed by atoms with Gasteiger partial charge in [0.1, 0.15) is 5.58 Å². The van der Waals surface area contributed by atoms with Gasteiger partial charge in [-0.1, -0.05) is 142 Å². The third-order valence-corrected chi connectivity index (χ3v) is 14.9. The van der Waals surface area contributed by atoms with Crippen LogP contribution < -0.4 is 30.2 Å². The molecule has 0 N–H and O–H groups in total. The molecule has 0 saturated heterocycles. The van der Waals surface area contributed by atoms with Crippen molar-refractivity contribution in [2.75, 3.05) is 9.80 Å². The third-order valence-electron chi connectivity index (χ3n) is 14.9. The number of para-hydroxylation sites is 5. The molecule has 0 bridgehead atoms. The van der Waals surface area contributed by atoms with E-state index in [9.17, 15) is 0 Å². The minimum absolute atomic E-state index is 0.0833. The van der Waals surface area contributed by atoms with Crippen molar-refractivity contribution in [2.24, 2.45) is 0 Å². The maximum Gasteiger partial charge on any atom is 0.333 e. The molecule has 10 aromatic carbocycles. The van der Waals surface area contributed by atoms with Gasteiger partial charge >= 0.3 is 6.85 Å². The highest BCUT2D eigenvalue weighted by molar-refractivity contribution is 6.90. The zero-order valence-corrected chi connectivity index (χ0v) is 39.4. The number of nitrogens with zero attached hydrogens (tertiary/aromatic N) is 3. The molecule has 3 aliphatic heterocycles. The lowest BCUT2D eigenvalue weighted by atomic mass is 9.44. The second-order valence-corrected chi connectivity index (χ2v) is 20.0. The van der Waals surface area contributed by atoms with Crippen LogP contribution >= 0.6 is 0 Å². The van der Waals surface area contributed by atoms with Crippen LogP contribution in [0.3, 0.4) is 0 Å². The van der Waals surface area contributed by atoms with E-state index in [2.05, 4.69) is 223 Å². The normalized spacial score (nSPS) is 13.2. The molecule has 15 rings (SSSR count). The van der Waals surface area contributed by atoms with Crippen molar-refractivity contribution in [2.45, 2.75) is 26.2 Å². The lowest BCUT2D eigenvalue weighted by Crippen LogP contribution is -2.56. The fourth-order valence-corrected chi connectivity index (χ4v) is 11.7. The second kappa shape index (κ2) is 14.8. The van der Waals surface area contributed by atoms with E-state index in [4.69, 9.17) is 13.9 Å². The van der Waals surface area contributed by atoms with Crippen LogP contribution in [0, 0.1) is 0 Å². The van der Waals surface area contributed by atoms with Crippen molar-refractivity contribution < 1.29 is 13.9 Å². The van der Waals surface area contributed by atoms with Crippen LogP contribution in [0.1, 0.15) is 26.3 Å². The summed E-state index contributed by atoms with van der Waals surface area (Å²) in [5.41, 5.74) is 18.4. The first-order valence-corrected chi connectivity index (χ1v) is 24.4. The van der Waals surface area contributed by atoms with E-state index in [0.29, 0.717) is 23.0 Å². The molecule has 7 heteroatoms. The minimum Gasteiger partial charge on any atom is -0.454 e. The Morgan fingerprint density at radius 2 is 1.10 bits per heavy atom. The molecule has 5 heterocycles. The first-order valence-electron chi connectivity index (χ1n) is 24.4. The molecule has 0 amide bonds. The molecular weight excluding hydrogens is 870 g/mol. The Bertz CT molecular complexity index is 4130. The van der Waals surface area contributed by atoms with Crippen LogP contribution in [-0.2, 0) is 5.41 Å². The summed E-state index contributed by atoms with van der Waals surface area (Å²) in [6, 6.07) is 76.3. The number of furan rings is 1. The number of hydrogen-bond donors (Lipinski definition) is 0. The van der Waals surface area contributed by atoms with Gasteiger partial charge < -0.3 is 28.2 Å². The Hall–Kier alpha value is -8.94. The van der Waals surface area contributed by atoms with Gasteiger partial charge in [-0.05, 0) is 129 Å². The number of aromatic nitrogens is 1. The van der Waals surface area contributed by atoms with Gasteiger partial charge in [-0.2, -0.15) is 0 Å². The fourth-order valence-electron chi connectivity index (χ4n) is 11.7. The van der Waals surface area contributed by atoms with Gasteiger partial charge in [-0.25, -0.2) is 0 Å². The number of hydrogen-bond acceptors (Lipinski definition) is 5. The molecule has 0 saturated carbocycles. The van der Waals surface area contributed by atoms with E-state index in [0.717, 1.165) is 94.6 Å². The van der Waals surface area contributed by atoms with Gasteiger partial charge in [0.05, 0.1) is 11.2 Å². The quantitative estimate of drug-likeness (QED) is 0.161. The Morgan fingerprint density at radius 3 is 1.82 bits per heavy atom. The fraction of sp³-hybridized carbons (Fsp3) is 0.0625. The van der Waals surface area contributed by atoms with Gasteiger partial charge in [0.25, 0.3) is 0 Å². The monoisotopic (exact) mass is 913 g/mol. The lowest BCUT2D eigenvalue weighted by Gasteiger charge is -2.42. The van der Waals surface area contributed by atoms with Crippen molar-refractivity contribution in [3.05, 3.63) is 218 Å². The summed E-state index contributed by atoms with van der Waals surface area (Å²) in [7, 11) is 0. The second-order valence-electron chi connectivity index (χ2n) is 20.0. The van der Waals surface area contributed by atoms with Crippen LogP contribution in [0.2, 0.25) is 0 Å². The molecule has 0 unspecified atom stereocenters. The highest BCUT2D eigenvalue weighted by Gasteiger charge is 2.46. The summed E-state index contributed by atoms with van der Waals surface area (Å²) in [6.45, 7) is 6.58. The van der Waals surface area contributed by atoms with Gasteiger partial charge in [0.2, 0.25) is 0 Å². The van der Waals surface area contributed by atoms with Crippen molar-refractivity contribution in [1.82, 2.24) is 4.48 Å². The third kappa shape index (κ3) is 5.84. The average molecular weight is 914 g/mol. The summed E-state index contributed by atoms with van der Waals surface area (Å²) in [5, 5.41) is 4.47. The average Bonchev–Trinajstić information content (AvgIpc) is 3.94. The van der Waals surface area contributed by atoms with Crippen LogP contribution in [0.4, 0.5) is 34.1 Å². The van der Waals surface area contributed by atoms with Crippen molar-refractivity contribution in [3.63, 3.8) is 0 Å². The molecule has 0 spiro atoms. The molecule has 0 atom stereocenters. The minimum atomic E-state index is -0.297. The zero-order valence-electron chi connectivity index (χ0n) is 39.4. The van der Waals surface area contributed by atoms with E-state index in [-0.39, 0.29) is 12.3 Å². The maximum absolute atomic E-state index is 7.12. The number of rotatable bonds is 5. The van der Waals surface area contributed by atoms with Gasteiger partial charge in [-0.15, -0.1) is 0 Å². The van der Waals surface area contributed by atoms with Crippen molar-refractivity contribution in [3.8, 4) is 45.3 Å². The standard InChI is InChI=1S/C64H44BN3O3/c1-64(2,3)41-31-32-51(47(34-41)39-19-7-4-8-20-39)67-52-38-58-57(69-55-29-17-18-30-56(55)70-58)37-50(52)65-60-53(67)33-40-21-13-14-26-45(40)59(60)48-35-44(66(42-22-9-5-10-23-42)43-24-11-6-12-25-43)36-49-61(48)68(65)62-46-27-15-16-28-54(46)71-63(49)62/h4-38H,1-3H3. The molecule has 12 aromatic rings. The highest BCUT2D eigenvalue weighted by Crippen LogP contribution is 2.55. The van der Waals surface area contributed by atoms with Gasteiger partial charge in [-0.3, -0.25) is 0 Å². The molecule has 2 aromatic heterocycles. The van der Waals surface area contributed by atoms with Crippen LogP contribution in [0.5, 0.6) is 23.0 Å². The smallest absolute Gasteiger partial charge is 0.333 e. The Morgan fingerprint density at radius 1 is 0.465 bits per heavy atom. The summed E-state index contributed by atoms with van der Waals surface area (Å²) in [5.74, 6) is 2.73. The lowest BCUT2D eigenvalue weighted by molar-refractivity contribution is 0.360. The number of anilines is 6. The number of benzene rings is 10. The molecular formula is C64H44BN3O3. The number of fused-ring (bicyclic) bond motifs is 13. The Balaban J connectivity index is 1.12. The van der Waals surface area contributed by atoms with E-state index in [1.165, 1.54) is 22.0 Å². The highest BCUT2D eigenvalue weighted by atomic mass is 16.6. The number of ether oxygens (including phenoxy) is 2. The largest absolute Gasteiger partial charge is 0.454 e. The van der Waals surface area contributed by atoms with Crippen molar-refractivity contribution in [1.29, 1.82) is 0 Å². The van der Waals surface area contributed by atoms with E-state index < -0.39 is 0 Å². The topological polar surface area (TPSA) is 43.0 Å². The molecule has 6 nitrogen and oxygen atoms in total. The first-order chi connectivity index (χ1) is 34.9. The SMILES string of the molecule is CC(C)(C)c1ccc(N2c3cc4c(cc3B3c5c2cc2ccccc2c5-c2cc(N(c5ccccc5)c5ccccc5)cc5c6oc7ccccc7c6n3c25)Oc2ccccc2O4)c(-c2ccccc2)c1. The van der Waals surface area contributed by atoms with Crippen LogP contribution in [-0.4, -0.2) is 11.3 Å².